The van der Waals surface area contributed by atoms with Gasteiger partial charge in [0.15, 0.2) is 0 Å². The van der Waals surface area contributed by atoms with Crippen LogP contribution in [0.25, 0.3) is 0 Å². The number of pyridine rings is 1. The number of alkyl halides is 3. The van der Waals surface area contributed by atoms with Crippen LogP contribution in [-0.2, 0) is 17.5 Å². The topological polar surface area (TPSA) is 63.1 Å². The number of amides is 1. The zero-order chi connectivity index (χ0) is 23.6. The first-order valence-electron chi connectivity index (χ1n) is 10.3. The van der Waals surface area contributed by atoms with Crippen molar-refractivity contribution in [3.05, 3.63) is 70.0 Å². The first-order valence-corrected chi connectivity index (χ1v) is 11.0. The van der Waals surface area contributed by atoms with E-state index in [0.29, 0.717) is 54.2 Å². The monoisotopic (exact) mass is 497 g/mol. The fourth-order valence-corrected chi connectivity index (χ4v) is 4.18. The largest absolute Gasteiger partial charge is 0.417 e. The molecule has 33 heavy (non-hydrogen) atoms. The molecule has 1 aliphatic heterocycles. The average Bonchev–Trinajstić information content (AvgIpc) is 3.22. The molecule has 0 atom stereocenters. The number of hydrogen-bond donors (Lipinski definition) is 1. The van der Waals surface area contributed by atoms with Crippen molar-refractivity contribution in [2.45, 2.75) is 25.6 Å². The predicted molar refractivity (Wildman–Crippen MR) is 121 cm³/mol. The van der Waals surface area contributed by atoms with Crippen molar-refractivity contribution in [3.63, 3.8) is 0 Å². The van der Waals surface area contributed by atoms with Gasteiger partial charge in [0.05, 0.1) is 18.3 Å². The lowest BCUT2D eigenvalue weighted by Crippen LogP contribution is -2.38. The van der Waals surface area contributed by atoms with Gasteiger partial charge < -0.3 is 10.2 Å². The lowest BCUT2D eigenvalue weighted by molar-refractivity contribution is -0.137. The van der Waals surface area contributed by atoms with Crippen LogP contribution in [0.3, 0.4) is 0 Å². The van der Waals surface area contributed by atoms with Crippen molar-refractivity contribution in [2.75, 3.05) is 23.3 Å². The molecule has 3 aromatic rings. The number of nitrogens with one attached hydrogen (secondary N) is 1. The van der Waals surface area contributed by atoms with Crippen LogP contribution in [0, 0.1) is 5.92 Å². The number of piperidine rings is 1. The normalized spacial score (nSPS) is 15.0. The van der Waals surface area contributed by atoms with Crippen molar-refractivity contribution < 1.29 is 18.0 Å². The molecule has 6 nitrogen and oxygen atoms in total. The molecule has 1 saturated heterocycles. The molecule has 0 spiro atoms. The standard InChI is InChI=1S/C22H20Cl2F3N5O/c23-17-3-1-15(18(24)11-17)13-32-20(5-8-29-32)30-21(33)14-6-9-31(10-7-14)19-4-2-16(12-28-19)22(25,26)27/h1-5,8,11-12,14H,6-7,9-10,13H2,(H,30,33). The van der Waals surface area contributed by atoms with Gasteiger partial charge in [-0.25, -0.2) is 9.67 Å². The quantitative estimate of drug-likeness (QED) is 0.504. The minimum absolute atomic E-state index is 0.126. The van der Waals surface area contributed by atoms with Crippen LogP contribution < -0.4 is 10.2 Å². The first-order chi connectivity index (χ1) is 15.7. The van der Waals surface area contributed by atoms with Crippen LogP contribution in [0.5, 0.6) is 0 Å². The maximum Gasteiger partial charge on any atom is 0.417 e. The van der Waals surface area contributed by atoms with Crippen LogP contribution in [0.15, 0.2) is 48.8 Å². The fraction of sp³-hybridized carbons (Fsp3) is 0.318. The molecule has 0 saturated carbocycles. The summed E-state index contributed by atoms with van der Waals surface area (Å²) in [7, 11) is 0. The molecule has 1 fully saturated rings. The van der Waals surface area contributed by atoms with Crippen molar-refractivity contribution in [3.8, 4) is 0 Å². The maximum atomic E-state index is 12.8. The summed E-state index contributed by atoms with van der Waals surface area (Å²) in [5.74, 6) is 0.676. The minimum atomic E-state index is -4.41. The van der Waals surface area contributed by atoms with Gasteiger partial charge in [-0.15, -0.1) is 0 Å². The molecule has 0 aliphatic carbocycles. The van der Waals surface area contributed by atoms with E-state index < -0.39 is 11.7 Å². The van der Waals surface area contributed by atoms with Crippen LogP contribution in [-0.4, -0.2) is 33.8 Å². The predicted octanol–water partition coefficient (Wildman–Crippen LogP) is 5.51. The molecular formula is C22H20Cl2F3N5O. The zero-order valence-electron chi connectivity index (χ0n) is 17.3. The number of aromatic nitrogens is 3. The van der Waals surface area contributed by atoms with E-state index in [1.165, 1.54) is 6.07 Å². The maximum absolute atomic E-state index is 12.8. The molecule has 0 radical (unpaired) electrons. The van der Waals surface area contributed by atoms with E-state index in [1.807, 2.05) is 11.0 Å². The third kappa shape index (κ3) is 5.59. The molecule has 4 rings (SSSR count). The first kappa shape index (κ1) is 23.4. The van der Waals surface area contributed by atoms with Gasteiger partial charge in [-0.3, -0.25) is 4.79 Å². The molecule has 1 amide bonds. The molecule has 1 N–H and O–H groups in total. The van der Waals surface area contributed by atoms with Gasteiger partial charge in [0.2, 0.25) is 5.91 Å². The molecule has 0 unspecified atom stereocenters. The van der Waals surface area contributed by atoms with Crippen LogP contribution in [0.1, 0.15) is 24.0 Å². The molecule has 1 aromatic carbocycles. The van der Waals surface area contributed by atoms with Gasteiger partial charge >= 0.3 is 6.18 Å². The second-order valence-electron chi connectivity index (χ2n) is 7.76. The highest BCUT2D eigenvalue weighted by atomic mass is 35.5. The van der Waals surface area contributed by atoms with Gasteiger partial charge in [0, 0.05) is 41.3 Å². The average molecular weight is 498 g/mol. The Hall–Kier alpha value is -2.78. The lowest BCUT2D eigenvalue weighted by atomic mass is 9.96. The lowest BCUT2D eigenvalue weighted by Gasteiger charge is -2.32. The molecule has 3 heterocycles. The molecule has 0 bridgehead atoms. The van der Waals surface area contributed by atoms with Gasteiger partial charge in [-0.2, -0.15) is 18.3 Å². The summed E-state index contributed by atoms with van der Waals surface area (Å²) in [6.07, 6.45) is -0.861. The number of anilines is 2. The highest BCUT2D eigenvalue weighted by molar-refractivity contribution is 6.35. The van der Waals surface area contributed by atoms with E-state index >= 15 is 0 Å². The van der Waals surface area contributed by atoms with Crippen molar-refractivity contribution in [1.29, 1.82) is 0 Å². The Bertz CT molecular complexity index is 1130. The van der Waals surface area contributed by atoms with Gasteiger partial charge in [-0.05, 0) is 42.7 Å². The highest BCUT2D eigenvalue weighted by Crippen LogP contribution is 2.30. The van der Waals surface area contributed by atoms with E-state index in [2.05, 4.69) is 15.4 Å². The Morgan fingerprint density at radius 1 is 1.12 bits per heavy atom. The highest BCUT2D eigenvalue weighted by Gasteiger charge is 2.31. The van der Waals surface area contributed by atoms with E-state index in [9.17, 15) is 18.0 Å². The Balaban J connectivity index is 1.34. The SMILES string of the molecule is O=C(Nc1ccnn1Cc1ccc(Cl)cc1Cl)C1CCN(c2ccc(C(F)(F)F)cn2)CC1. The van der Waals surface area contributed by atoms with Crippen molar-refractivity contribution in [2.24, 2.45) is 5.92 Å². The summed E-state index contributed by atoms with van der Waals surface area (Å²) in [6, 6.07) is 9.30. The van der Waals surface area contributed by atoms with Gasteiger partial charge in [0.1, 0.15) is 11.6 Å². The molecule has 11 heteroatoms. The smallest absolute Gasteiger partial charge is 0.357 e. The fourth-order valence-electron chi connectivity index (χ4n) is 3.72. The number of carbonyl (C=O) groups is 1. The van der Waals surface area contributed by atoms with E-state index in [-0.39, 0.29) is 11.8 Å². The molecular weight excluding hydrogens is 478 g/mol. The number of benzene rings is 1. The van der Waals surface area contributed by atoms with Crippen LogP contribution in [0.2, 0.25) is 10.0 Å². The second-order valence-corrected chi connectivity index (χ2v) is 8.61. The van der Waals surface area contributed by atoms with Crippen molar-refractivity contribution >= 4 is 40.7 Å². The molecule has 174 valence electrons. The number of halogens is 5. The van der Waals surface area contributed by atoms with E-state index in [1.54, 1.807) is 29.1 Å². The summed E-state index contributed by atoms with van der Waals surface area (Å²) < 4.78 is 39.8. The van der Waals surface area contributed by atoms with Crippen LogP contribution in [0.4, 0.5) is 24.8 Å². The summed E-state index contributed by atoms with van der Waals surface area (Å²) in [4.78, 5) is 18.6. The summed E-state index contributed by atoms with van der Waals surface area (Å²) in [5, 5.41) is 8.24. The zero-order valence-corrected chi connectivity index (χ0v) is 18.8. The minimum Gasteiger partial charge on any atom is -0.357 e. The summed E-state index contributed by atoms with van der Waals surface area (Å²) >= 11 is 12.2. The number of rotatable bonds is 5. The van der Waals surface area contributed by atoms with E-state index in [4.69, 9.17) is 23.2 Å². The third-order valence-corrected chi connectivity index (χ3v) is 6.15. The molecule has 1 aliphatic rings. The summed E-state index contributed by atoms with van der Waals surface area (Å²) in [5.41, 5.74) is 0.0367. The number of carbonyl (C=O) groups excluding carboxylic acids is 1. The Morgan fingerprint density at radius 3 is 2.52 bits per heavy atom. The third-order valence-electron chi connectivity index (χ3n) is 5.57. The Labute approximate surface area is 198 Å². The summed E-state index contributed by atoms with van der Waals surface area (Å²) in [6.45, 7) is 1.42. The van der Waals surface area contributed by atoms with E-state index in [0.717, 1.165) is 17.8 Å². The number of nitrogens with zero attached hydrogens (tertiary/aromatic N) is 4. The van der Waals surface area contributed by atoms with Gasteiger partial charge in [-0.1, -0.05) is 29.3 Å². The van der Waals surface area contributed by atoms with Crippen molar-refractivity contribution in [1.82, 2.24) is 14.8 Å². The van der Waals surface area contributed by atoms with Gasteiger partial charge in [0.25, 0.3) is 0 Å². The Morgan fingerprint density at radius 2 is 1.88 bits per heavy atom. The van der Waals surface area contributed by atoms with Crippen LogP contribution >= 0.6 is 23.2 Å². The number of hydrogen-bond acceptors (Lipinski definition) is 4. The Kier molecular flexibility index (Phi) is 6.81. The second kappa shape index (κ2) is 9.61. The molecule has 2 aromatic heterocycles.